The molecule has 100 valence electrons. The predicted octanol–water partition coefficient (Wildman–Crippen LogP) is 3.84. The summed E-state index contributed by atoms with van der Waals surface area (Å²) in [7, 11) is 0. The first-order valence-corrected chi connectivity index (χ1v) is 6.41. The highest BCUT2D eigenvalue weighted by molar-refractivity contribution is 5.96. The second-order valence-electron chi connectivity index (χ2n) is 5.13. The normalized spacial score (nSPS) is 10.7. The standard InChI is InChI=1S/C17H16N2O/c1-17(2,12-18)16(20)19-15-10-8-14(9-11-15)13-6-4-3-5-7-13/h3-11H,1-2H3,(H,19,20). The molecule has 0 aromatic heterocycles. The van der Waals surface area contributed by atoms with Gasteiger partial charge in [0.2, 0.25) is 5.91 Å². The highest BCUT2D eigenvalue weighted by Crippen LogP contribution is 2.22. The van der Waals surface area contributed by atoms with Gasteiger partial charge >= 0.3 is 0 Å². The molecule has 1 N–H and O–H groups in total. The topological polar surface area (TPSA) is 52.9 Å². The molecule has 0 heterocycles. The lowest BCUT2D eigenvalue weighted by Gasteiger charge is -2.15. The van der Waals surface area contributed by atoms with Crippen LogP contribution in [0.15, 0.2) is 54.6 Å². The number of nitriles is 1. The number of anilines is 1. The number of rotatable bonds is 3. The molecule has 0 aliphatic heterocycles. The molecule has 3 nitrogen and oxygen atoms in total. The number of nitrogens with zero attached hydrogens (tertiary/aromatic N) is 1. The Bertz CT molecular complexity index is 637. The summed E-state index contributed by atoms with van der Waals surface area (Å²) in [5.41, 5.74) is 1.88. The van der Waals surface area contributed by atoms with Gasteiger partial charge in [-0.15, -0.1) is 0 Å². The van der Waals surface area contributed by atoms with Gasteiger partial charge in [0.25, 0.3) is 0 Å². The van der Waals surface area contributed by atoms with Crippen LogP contribution in [0, 0.1) is 16.7 Å². The third-order valence-electron chi connectivity index (χ3n) is 3.10. The van der Waals surface area contributed by atoms with Crippen molar-refractivity contribution in [1.82, 2.24) is 0 Å². The molecule has 2 aromatic rings. The summed E-state index contributed by atoms with van der Waals surface area (Å²) in [5, 5.41) is 11.7. The fourth-order valence-electron chi connectivity index (χ4n) is 1.71. The minimum absolute atomic E-state index is 0.299. The zero-order valence-corrected chi connectivity index (χ0v) is 11.6. The number of benzene rings is 2. The van der Waals surface area contributed by atoms with Crippen LogP contribution in [0.1, 0.15) is 13.8 Å². The summed E-state index contributed by atoms with van der Waals surface area (Å²) < 4.78 is 0. The van der Waals surface area contributed by atoms with Crippen molar-refractivity contribution in [3.63, 3.8) is 0 Å². The van der Waals surface area contributed by atoms with E-state index in [2.05, 4.69) is 5.32 Å². The van der Waals surface area contributed by atoms with E-state index in [1.807, 2.05) is 60.7 Å². The average Bonchev–Trinajstić information content (AvgIpc) is 2.49. The van der Waals surface area contributed by atoms with Crippen molar-refractivity contribution < 1.29 is 4.79 Å². The number of carbonyl (C=O) groups excluding carboxylic acids is 1. The van der Waals surface area contributed by atoms with Crippen molar-refractivity contribution in [2.45, 2.75) is 13.8 Å². The van der Waals surface area contributed by atoms with Crippen LogP contribution in [0.5, 0.6) is 0 Å². The van der Waals surface area contributed by atoms with Crippen molar-refractivity contribution >= 4 is 11.6 Å². The Kier molecular flexibility index (Phi) is 3.86. The second kappa shape index (κ2) is 5.58. The molecule has 1 amide bonds. The van der Waals surface area contributed by atoms with E-state index in [0.717, 1.165) is 11.1 Å². The Balaban J connectivity index is 2.14. The SMILES string of the molecule is CC(C)(C#N)C(=O)Nc1ccc(-c2ccccc2)cc1. The minimum atomic E-state index is -1.03. The van der Waals surface area contributed by atoms with Gasteiger partial charge in [-0.25, -0.2) is 0 Å². The van der Waals surface area contributed by atoms with E-state index in [1.54, 1.807) is 13.8 Å². The largest absolute Gasteiger partial charge is 0.325 e. The molecule has 2 aromatic carbocycles. The Morgan fingerprint density at radius 1 is 1.00 bits per heavy atom. The Labute approximate surface area is 118 Å². The highest BCUT2D eigenvalue weighted by atomic mass is 16.2. The van der Waals surface area contributed by atoms with Gasteiger partial charge in [-0.3, -0.25) is 4.79 Å². The molecule has 0 saturated carbocycles. The second-order valence-corrected chi connectivity index (χ2v) is 5.13. The van der Waals surface area contributed by atoms with E-state index >= 15 is 0 Å². The Morgan fingerprint density at radius 3 is 2.10 bits per heavy atom. The molecule has 0 radical (unpaired) electrons. The monoisotopic (exact) mass is 264 g/mol. The summed E-state index contributed by atoms with van der Waals surface area (Å²) in [6.45, 7) is 3.20. The van der Waals surface area contributed by atoms with Gasteiger partial charge in [-0.1, -0.05) is 42.5 Å². The van der Waals surface area contributed by atoms with Crippen LogP contribution in [0.4, 0.5) is 5.69 Å². The van der Waals surface area contributed by atoms with Crippen LogP contribution < -0.4 is 5.32 Å². The van der Waals surface area contributed by atoms with Gasteiger partial charge in [0.15, 0.2) is 0 Å². The summed E-state index contributed by atoms with van der Waals surface area (Å²) in [6.07, 6.45) is 0. The van der Waals surface area contributed by atoms with Crippen LogP contribution in [-0.4, -0.2) is 5.91 Å². The lowest BCUT2D eigenvalue weighted by molar-refractivity contribution is -0.121. The Morgan fingerprint density at radius 2 is 1.55 bits per heavy atom. The number of hydrogen-bond acceptors (Lipinski definition) is 2. The van der Waals surface area contributed by atoms with Crippen LogP contribution in [0.3, 0.4) is 0 Å². The van der Waals surface area contributed by atoms with Crippen molar-refractivity contribution in [3.8, 4) is 17.2 Å². The van der Waals surface area contributed by atoms with Crippen LogP contribution in [0.2, 0.25) is 0 Å². The fraction of sp³-hybridized carbons (Fsp3) is 0.176. The van der Waals surface area contributed by atoms with E-state index in [9.17, 15) is 4.79 Å². The zero-order chi connectivity index (χ0) is 14.6. The molecule has 0 unspecified atom stereocenters. The lowest BCUT2D eigenvalue weighted by Crippen LogP contribution is -2.29. The summed E-state index contributed by atoms with van der Waals surface area (Å²) >= 11 is 0. The molecule has 0 aliphatic carbocycles. The molecule has 0 aliphatic rings. The van der Waals surface area contributed by atoms with E-state index in [0.29, 0.717) is 5.69 Å². The van der Waals surface area contributed by atoms with Crippen LogP contribution in [-0.2, 0) is 4.79 Å². The number of hydrogen-bond donors (Lipinski definition) is 1. The molecule has 0 bridgehead atoms. The molecule has 0 atom stereocenters. The number of amides is 1. The molecule has 0 fully saturated rings. The summed E-state index contributed by atoms with van der Waals surface area (Å²) in [6, 6.07) is 19.6. The number of nitrogens with one attached hydrogen (secondary N) is 1. The third kappa shape index (κ3) is 3.04. The van der Waals surface area contributed by atoms with Gasteiger partial charge in [-0.2, -0.15) is 5.26 Å². The first-order chi connectivity index (χ1) is 9.53. The maximum atomic E-state index is 11.9. The first kappa shape index (κ1) is 13.8. The van der Waals surface area contributed by atoms with E-state index in [4.69, 9.17) is 5.26 Å². The van der Waals surface area contributed by atoms with Crippen molar-refractivity contribution in [2.75, 3.05) is 5.32 Å². The molecule has 0 spiro atoms. The van der Waals surface area contributed by atoms with Gasteiger partial charge in [0, 0.05) is 5.69 Å². The van der Waals surface area contributed by atoms with Crippen LogP contribution in [0.25, 0.3) is 11.1 Å². The predicted molar refractivity (Wildman–Crippen MR) is 79.9 cm³/mol. The summed E-state index contributed by atoms with van der Waals surface area (Å²) in [5.74, 6) is -0.299. The summed E-state index contributed by atoms with van der Waals surface area (Å²) in [4.78, 5) is 11.9. The maximum absolute atomic E-state index is 11.9. The minimum Gasteiger partial charge on any atom is -0.325 e. The van der Waals surface area contributed by atoms with Gasteiger partial charge < -0.3 is 5.32 Å². The van der Waals surface area contributed by atoms with Gasteiger partial charge in [0.05, 0.1) is 6.07 Å². The lowest BCUT2D eigenvalue weighted by atomic mass is 9.94. The van der Waals surface area contributed by atoms with E-state index < -0.39 is 5.41 Å². The number of carbonyl (C=O) groups is 1. The van der Waals surface area contributed by atoms with Crippen molar-refractivity contribution in [3.05, 3.63) is 54.6 Å². The zero-order valence-electron chi connectivity index (χ0n) is 11.6. The maximum Gasteiger partial charge on any atom is 0.244 e. The molecular formula is C17H16N2O. The Hall–Kier alpha value is -2.60. The van der Waals surface area contributed by atoms with Crippen molar-refractivity contribution in [1.29, 1.82) is 5.26 Å². The average molecular weight is 264 g/mol. The molecule has 3 heteroatoms. The quantitative estimate of drug-likeness (QED) is 0.915. The van der Waals surface area contributed by atoms with Crippen LogP contribution >= 0.6 is 0 Å². The first-order valence-electron chi connectivity index (χ1n) is 6.41. The fourth-order valence-corrected chi connectivity index (χ4v) is 1.71. The van der Waals surface area contributed by atoms with Gasteiger partial charge in [0.1, 0.15) is 5.41 Å². The van der Waals surface area contributed by atoms with E-state index in [-0.39, 0.29) is 5.91 Å². The molecule has 0 saturated heterocycles. The molecular weight excluding hydrogens is 248 g/mol. The van der Waals surface area contributed by atoms with Crippen molar-refractivity contribution in [2.24, 2.45) is 5.41 Å². The highest BCUT2D eigenvalue weighted by Gasteiger charge is 2.27. The third-order valence-corrected chi connectivity index (χ3v) is 3.10. The molecule has 20 heavy (non-hydrogen) atoms. The smallest absolute Gasteiger partial charge is 0.244 e. The molecule has 2 rings (SSSR count). The van der Waals surface area contributed by atoms with E-state index in [1.165, 1.54) is 0 Å². The van der Waals surface area contributed by atoms with Gasteiger partial charge in [-0.05, 0) is 37.1 Å².